The second-order valence-corrected chi connectivity index (χ2v) is 9.02. The molecule has 5 nitrogen and oxygen atoms in total. The van der Waals surface area contributed by atoms with Gasteiger partial charge in [-0.05, 0) is 73.4 Å². The highest BCUT2D eigenvalue weighted by Gasteiger charge is 2.33. The number of ether oxygens (including phenoxy) is 1. The molecule has 192 valence electrons. The van der Waals surface area contributed by atoms with Crippen molar-refractivity contribution in [2.45, 2.75) is 27.1 Å². The molecule has 38 heavy (non-hydrogen) atoms. The molecular formula is C30H23F3N2O3. The summed E-state index contributed by atoms with van der Waals surface area (Å²) < 4.78 is 48.9. The van der Waals surface area contributed by atoms with Crippen LogP contribution in [-0.4, -0.2) is 17.3 Å². The largest absolute Gasteiger partial charge is 0.573 e. The number of rotatable bonds is 5. The average molecular weight is 517 g/mol. The van der Waals surface area contributed by atoms with Gasteiger partial charge in [-0.25, -0.2) is 4.98 Å². The number of hydrogen-bond acceptors (Lipinski definition) is 4. The summed E-state index contributed by atoms with van der Waals surface area (Å²) >= 11 is 0. The van der Waals surface area contributed by atoms with Crippen LogP contribution in [0.1, 0.15) is 27.0 Å². The minimum atomic E-state index is -4.93. The first-order valence-electron chi connectivity index (χ1n) is 11.8. The Kier molecular flexibility index (Phi) is 6.40. The first-order valence-corrected chi connectivity index (χ1v) is 11.8. The Morgan fingerprint density at radius 2 is 1.66 bits per heavy atom. The minimum absolute atomic E-state index is 0.245. The van der Waals surface area contributed by atoms with Crippen LogP contribution in [0.2, 0.25) is 0 Å². The van der Waals surface area contributed by atoms with E-state index in [0.717, 1.165) is 28.3 Å². The zero-order chi connectivity index (χ0) is 27.0. The van der Waals surface area contributed by atoms with Crippen LogP contribution in [0.4, 0.5) is 18.9 Å². The van der Waals surface area contributed by atoms with Crippen LogP contribution in [0.5, 0.6) is 5.75 Å². The van der Waals surface area contributed by atoms with Crippen LogP contribution in [0.15, 0.2) is 83.3 Å². The molecule has 0 saturated carbocycles. The number of fused-ring (bicyclic) bond motifs is 1. The molecular weight excluding hydrogens is 493 g/mol. The number of nitrogens with one attached hydrogen (secondary N) is 1. The number of anilines is 1. The summed E-state index contributed by atoms with van der Waals surface area (Å²) in [6, 6.07) is 22.4. The first-order chi connectivity index (χ1) is 18.1. The smallest absolute Gasteiger partial charge is 0.436 e. The molecule has 0 fully saturated rings. The Morgan fingerprint density at radius 1 is 0.895 bits per heavy atom. The van der Waals surface area contributed by atoms with Crippen LogP contribution in [0, 0.1) is 20.8 Å². The second kappa shape index (κ2) is 9.70. The van der Waals surface area contributed by atoms with Gasteiger partial charge in [0.15, 0.2) is 5.58 Å². The van der Waals surface area contributed by atoms with Gasteiger partial charge in [0.05, 0.1) is 5.56 Å². The van der Waals surface area contributed by atoms with Crippen molar-refractivity contribution < 1.29 is 27.1 Å². The van der Waals surface area contributed by atoms with Crippen LogP contribution in [-0.2, 0) is 0 Å². The highest BCUT2D eigenvalue weighted by molar-refractivity contribution is 6.07. The molecule has 1 amide bonds. The third kappa shape index (κ3) is 5.11. The normalized spacial score (nSPS) is 11.5. The third-order valence-electron chi connectivity index (χ3n) is 6.16. The Balaban J connectivity index is 1.62. The number of nitrogens with zero attached hydrogens (tertiary/aromatic N) is 1. The summed E-state index contributed by atoms with van der Waals surface area (Å²) in [6.45, 7) is 5.77. The van der Waals surface area contributed by atoms with Crippen molar-refractivity contribution in [1.82, 2.24) is 4.98 Å². The van der Waals surface area contributed by atoms with Crippen molar-refractivity contribution in [3.63, 3.8) is 0 Å². The van der Waals surface area contributed by atoms with Gasteiger partial charge in [0.25, 0.3) is 5.91 Å². The molecule has 4 aromatic carbocycles. The topological polar surface area (TPSA) is 64.4 Å². The van der Waals surface area contributed by atoms with E-state index in [4.69, 9.17) is 9.40 Å². The lowest BCUT2D eigenvalue weighted by Gasteiger charge is -2.17. The Morgan fingerprint density at radius 3 is 2.42 bits per heavy atom. The van der Waals surface area contributed by atoms with E-state index in [1.165, 1.54) is 18.2 Å². The van der Waals surface area contributed by atoms with Gasteiger partial charge < -0.3 is 14.5 Å². The van der Waals surface area contributed by atoms with Crippen LogP contribution in [0.3, 0.4) is 0 Å². The molecule has 0 radical (unpaired) electrons. The molecule has 1 aromatic heterocycles. The summed E-state index contributed by atoms with van der Waals surface area (Å²) in [5, 5.41) is 2.74. The van der Waals surface area contributed by atoms with Gasteiger partial charge in [0.1, 0.15) is 11.3 Å². The number of aryl methyl sites for hydroxylation is 2. The fourth-order valence-corrected chi connectivity index (χ4v) is 4.38. The van der Waals surface area contributed by atoms with Gasteiger partial charge in [0.2, 0.25) is 5.89 Å². The maximum absolute atomic E-state index is 13.1. The quantitative estimate of drug-likeness (QED) is 0.256. The predicted octanol–water partition coefficient (Wildman–Crippen LogP) is 8.24. The summed E-state index contributed by atoms with van der Waals surface area (Å²) in [4.78, 5) is 17.8. The molecule has 0 bridgehead atoms. The minimum Gasteiger partial charge on any atom is -0.436 e. The summed E-state index contributed by atoms with van der Waals surface area (Å²) in [7, 11) is 0. The van der Waals surface area contributed by atoms with E-state index >= 15 is 0 Å². The van der Waals surface area contributed by atoms with E-state index in [1.807, 2.05) is 69.3 Å². The number of oxazole rings is 1. The Hall–Kier alpha value is -4.59. The molecule has 0 unspecified atom stereocenters. The summed E-state index contributed by atoms with van der Waals surface area (Å²) in [5.74, 6) is -0.951. The first kappa shape index (κ1) is 25.1. The van der Waals surface area contributed by atoms with Crippen LogP contribution < -0.4 is 10.1 Å². The van der Waals surface area contributed by atoms with Crippen LogP contribution >= 0.6 is 0 Å². The van der Waals surface area contributed by atoms with Crippen molar-refractivity contribution in [1.29, 1.82) is 0 Å². The highest BCUT2D eigenvalue weighted by atomic mass is 19.4. The fourth-order valence-electron chi connectivity index (χ4n) is 4.38. The maximum Gasteiger partial charge on any atom is 0.573 e. The zero-order valence-corrected chi connectivity index (χ0v) is 20.8. The van der Waals surface area contributed by atoms with Crippen molar-refractivity contribution in [3.8, 4) is 28.3 Å². The van der Waals surface area contributed by atoms with E-state index in [0.29, 0.717) is 33.8 Å². The third-order valence-corrected chi connectivity index (χ3v) is 6.16. The number of halogens is 3. The number of carbonyl (C=O) groups excluding carboxylic acids is 1. The van der Waals surface area contributed by atoms with E-state index in [9.17, 15) is 18.0 Å². The van der Waals surface area contributed by atoms with Crippen LogP contribution in [0.25, 0.3) is 33.7 Å². The van der Waals surface area contributed by atoms with Gasteiger partial charge in [0, 0.05) is 11.3 Å². The van der Waals surface area contributed by atoms with E-state index in [-0.39, 0.29) is 5.56 Å². The zero-order valence-electron chi connectivity index (χ0n) is 20.8. The number of hydrogen-bond donors (Lipinski definition) is 1. The van der Waals surface area contributed by atoms with E-state index in [2.05, 4.69) is 10.1 Å². The number of carbonyl (C=O) groups is 1. The number of amides is 1. The van der Waals surface area contributed by atoms with Gasteiger partial charge in [-0.2, -0.15) is 0 Å². The number of aromatic nitrogens is 1. The van der Waals surface area contributed by atoms with Gasteiger partial charge in [-0.1, -0.05) is 54.1 Å². The molecule has 0 spiro atoms. The van der Waals surface area contributed by atoms with E-state index in [1.54, 1.807) is 6.07 Å². The molecule has 5 rings (SSSR count). The number of para-hydroxylation sites is 1. The molecule has 0 saturated heterocycles. The summed E-state index contributed by atoms with van der Waals surface area (Å²) in [6.07, 6.45) is -4.93. The van der Waals surface area contributed by atoms with E-state index < -0.39 is 18.0 Å². The molecule has 1 heterocycles. The predicted molar refractivity (Wildman–Crippen MR) is 140 cm³/mol. The fraction of sp³-hybridized carbons (Fsp3) is 0.133. The average Bonchev–Trinajstić information content (AvgIpc) is 3.27. The highest BCUT2D eigenvalue weighted by Crippen LogP contribution is 2.39. The molecule has 1 N–H and O–H groups in total. The van der Waals surface area contributed by atoms with Crippen molar-refractivity contribution >= 4 is 22.7 Å². The lowest BCUT2D eigenvalue weighted by atomic mass is 9.93. The maximum atomic E-state index is 13.1. The standard InChI is InChI=1S/C30H23F3N2O3/c1-17-7-6-8-20(15-17)21-12-13-23(34-28(36)22-9-4-5-10-25(22)38-30(31,32)33)19(3)27(21)29-35-24-16-18(2)11-14-26(24)37-29/h4-16H,1-3H3,(H,34,36). The molecule has 5 aromatic rings. The van der Waals surface area contributed by atoms with Gasteiger partial charge in [-0.15, -0.1) is 13.2 Å². The summed E-state index contributed by atoms with van der Waals surface area (Å²) in [5.41, 5.74) is 6.67. The van der Waals surface area contributed by atoms with Crippen molar-refractivity contribution in [2.75, 3.05) is 5.32 Å². The molecule has 0 aliphatic heterocycles. The number of alkyl halides is 3. The van der Waals surface area contributed by atoms with Crippen molar-refractivity contribution in [2.24, 2.45) is 0 Å². The Labute approximate surface area is 216 Å². The van der Waals surface area contributed by atoms with Gasteiger partial charge in [-0.3, -0.25) is 4.79 Å². The van der Waals surface area contributed by atoms with Crippen molar-refractivity contribution in [3.05, 3.63) is 101 Å². The molecule has 8 heteroatoms. The second-order valence-electron chi connectivity index (χ2n) is 9.02. The lowest BCUT2D eigenvalue weighted by Crippen LogP contribution is -2.21. The molecule has 0 aliphatic rings. The monoisotopic (exact) mass is 516 g/mol. The van der Waals surface area contributed by atoms with Gasteiger partial charge >= 0.3 is 6.36 Å². The number of benzene rings is 4. The molecule has 0 aliphatic carbocycles. The molecule has 0 atom stereocenters. The SMILES string of the molecule is Cc1cccc(-c2ccc(NC(=O)c3ccccc3OC(F)(F)F)c(C)c2-c2nc3cc(C)ccc3o2)c1. The Bertz CT molecular complexity index is 1670. The lowest BCUT2D eigenvalue weighted by molar-refractivity contribution is -0.274.